The second kappa shape index (κ2) is 7.58. The molecule has 0 saturated heterocycles. The van der Waals surface area contributed by atoms with Crippen LogP contribution >= 0.6 is 0 Å². The normalized spacial score (nSPS) is 12.2. The van der Waals surface area contributed by atoms with Gasteiger partial charge in [-0.3, -0.25) is 10.1 Å². The average molecular weight is 295 g/mol. The van der Waals surface area contributed by atoms with Crippen molar-refractivity contribution >= 4 is 17.3 Å². The van der Waals surface area contributed by atoms with Gasteiger partial charge in [-0.05, 0) is 32.5 Å². The third kappa shape index (κ3) is 4.71. The number of anilines is 1. The minimum atomic E-state index is -1.11. The first-order valence-corrected chi connectivity index (χ1v) is 6.82. The van der Waals surface area contributed by atoms with E-state index in [-0.39, 0.29) is 16.9 Å². The number of carboxylic acids is 1. The molecule has 21 heavy (non-hydrogen) atoms. The van der Waals surface area contributed by atoms with Crippen molar-refractivity contribution in [1.29, 1.82) is 0 Å². The first kappa shape index (κ1) is 16.9. The fourth-order valence-electron chi connectivity index (χ4n) is 1.87. The Kier molecular flexibility index (Phi) is 6.10. The summed E-state index contributed by atoms with van der Waals surface area (Å²) in [4.78, 5) is 23.5. The summed E-state index contributed by atoms with van der Waals surface area (Å²) < 4.78 is 0. The standard InChI is InChI=1S/C14H21N3O4/c1-4-10(2)16(3)8-7-15-12-9-11(14(18)19)5-6-13(12)17(20)21/h5-6,9-10,15H,4,7-8H2,1-3H3,(H,18,19). The number of likely N-dealkylation sites (N-methyl/N-ethyl adjacent to an activating group) is 1. The maximum atomic E-state index is 11.0. The molecule has 1 atom stereocenters. The minimum absolute atomic E-state index is 0.0263. The van der Waals surface area contributed by atoms with Crippen LogP contribution in [0.15, 0.2) is 18.2 Å². The highest BCUT2D eigenvalue weighted by molar-refractivity contribution is 5.90. The van der Waals surface area contributed by atoms with E-state index < -0.39 is 10.9 Å². The molecule has 1 aromatic carbocycles. The zero-order valence-electron chi connectivity index (χ0n) is 12.5. The molecule has 0 aliphatic rings. The lowest BCUT2D eigenvalue weighted by Gasteiger charge is -2.23. The Bertz CT molecular complexity index is 519. The van der Waals surface area contributed by atoms with Gasteiger partial charge in [0.05, 0.1) is 10.5 Å². The number of nitrogens with zero attached hydrogens (tertiary/aromatic N) is 2. The zero-order valence-corrected chi connectivity index (χ0v) is 12.5. The number of carboxylic acid groups (broad SMARTS) is 1. The molecule has 0 spiro atoms. The predicted molar refractivity (Wildman–Crippen MR) is 80.9 cm³/mol. The summed E-state index contributed by atoms with van der Waals surface area (Å²) >= 11 is 0. The molecule has 2 N–H and O–H groups in total. The van der Waals surface area contributed by atoms with Gasteiger partial charge in [-0.2, -0.15) is 0 Å². The van der Waals surface area contributed by atoms with Gasteiger partial charge in [-0.25, -0.2) is 4.79 Å². The van der Waals surface area contributed by atoms with E-state index >= 15 is 0 Å². The fraction of sp³-hybridized carbons (Fsp3) is 0.500. The van der Waals surface area contributed by atoms with Gasteiger partial charge in [0, 0.05) is 25.2 Å². The Morgan fingerprint density at radius 1 is 1.52 bits per heavy atom. The van der Waals surface area contributed by atoms with Crippen LogP contribution in [0.2, 0.25) is 0 Å². The first-order chi connectivity index (χ1) is 9.86. The van der Waals surface area contributed by atoms with Crippen LogP contribution in [0.1, 0.15) is 30.6 Å². The number of nitro groups is 1. The van der Waals surface area contributed by atoms with Crippen molar-refractivity contribution in [2.24, 2.45) is 0 Å². The van der Waals surface area contributed by atoms with E-state index in [0.29, 0.717) is 19.1 Å². The molecule has 0 radical (unpaired) electrons. The number of hydrogen-bond donors (Lipinski definition) is 2. The van der Waals surface area contributed by atoms with Crippen molar-refractivity contribution < 1.29 is 14.8 Å². The molecular formula is C14H21N3O4. The van der Waals surface area contributed by atoms with E-state index in [0.717, 1.165) is 6.42 Å². The number of nitrogens with one attached hydrogen (secondary N) is 1. The van der Waals surface area contributed by atoms with Crippen molar-refractivity contribution in [3.8, 4) is 0 Å². The second-order valence-electron chi connectivity index (χ2n) is 4.96. The molecule has 116 valence electrons. The van der Waals surface area contributed by atoms with Crippen LogP contribution in [0.4, 0.5) is 11.4 Å². The number of benzene rings is 1. The van der Waals surface area contributed by atoms with E-state index in [9.17, 15) is 14.9 Å². The highest BCUT2D eigenvalue weighted by Gasteiger charge is 2.16. The Balaban J connectivity index is 2.78. The van der Waals surface area contributed by atoms with Crippen molar-refractivity contribution in [2.75, 3.05) is 25.5 Å². The van der Waals surface area contributed by atoms with Crippen LogP contribution in [-0.4, -0.2) is 47.1 Å². The lowest BCUT2D eigenvalue weighted by atomic mass is 10.1. The van der Waals surface area contributed by atoms with Gasteiger partial charge in [0.25, 0.3) is 5.69 Å². The maximum absolute atomic E-state index is 11.0. The quantitative estimate of drug-likeness (QED) is 0.565. The summed E-state index contributed by atoms with van der Waals surface area (Å²) in [5.41, 5.74) is 0.141. The molecule has 7 heteroatoms. The Morgan fingerprint density at radius 3 is 2.71 bits per heavy atom. The van der Waals surface area contributed by atoms with Crippen LogP contribution in [0.25, 0.3) is 0 Å². The lowest BCUT2D eigenvalue weighted by Crippen LogP contribution is -2.32. The molecule has 0 fully saturated rings. The number of nitro benzene ring substituents is 1. The van der Waals surface area contributed by atoms with E-state index in [1.807, 2.05) is 7.05 Å². The average Bonchev–Trinajstić information content (AvgIpc) is 2.45. The molecule has 0 aliphatic carbocycles. The van der Waals surface area contributed by atoms with E-state index in [1.165, 1.54) is 18.2 Å². The summed E-state index contributed by atoms with van der Waals surface area (Å²) in [5, 5.41) is 22.9. The van der Waals surface area contributed by atoms with E-state index in [4.69, 9.17) is 5.11 Å². The highest BCUT2D eigenvalue weighted by Crippen LogP contribution is 2.25. The van der Waals surface area contributed by atoms with Gasteiger partial charge in [-0.15, -0.1) is 0 Å². The van der Waals surface area contributed by atoms with Crippen molar-refractivity contribution in [2.45, 2.75) is 26.3 Å². The largest absolute Gasteiger partial charge is 0.478 e. The second-order valence-corrected chi connectivity index (χ2v) is 4.96. The monoisotopic (exact) mass is 295 g/mol. The number of aromatic carboxylic acids is 1. The molecule has 1 rings (SSSR count). The van der Waals surface area contributed by atoms with Crippen molar-refractivity contribution in [1.82, 2.24) is 4.90 Å². The van der Waals surface area contributed by atoms with Crippen LogP contribution < -0.4 is 5.32 Å². The summed E-state index contributed by atoms with van der Waals surface area (Å²) in [7, 11) is 1.98. The SMILES string of the molecule is CCC(C)N(C)CCNc1cc(C(=O)O)ccc1[N+](=O)[O-]. The maximum Gasteiger partial charge on any atom is 0.335 e. The highest BCUT2D eigenvalue weighted by atomic mass is 16.6. The molecule has 1 aromatic rings. The molecule has 0 heterocycles. The molecule has 0 amide bonds. The fourth-order valence-corrected chi connectivity index (χ4v) is 1.87. The van der Waals surface area contributed by atoms with Gasteiger partial charge in [-0.1, -0.05) is 6.92 Å². The molecule has 7 nitrogen and oxygen atoms in total. The Labute approximate surface area is 123 Å². The van der Waals surface area contributed by atoms with Crippen LogP contribution in [0.5, 0.6) is 0 Å². The van der Waals surface area contributed by atoms with Crippen LogP contribution in [-0.2, 0) is 0 Å². The smallest absolute Gasteiger partial charge is 0.335 e. The molecule has 0 aliphatic heterocycles. The molecule has 0 aromatic heterocycles. The summed E-state index contributed by atoms with van der Waals surface area (Å²) in [6.45, 7) is 5.41. The first-order valence-electron chi connectivity index (χ1n) is 6.82. The van der Waals surface area contributed by atoms with Gasteiger partial charge in [0.1, 0.15) is 5.69 Å². The van der Waals surface area contributed by atoms with Gasteiger partial charge < -0.3 is 15.3 Å². The lowest BCUT2D eigenvalue weighted by molar-refractivity contribution is -0.384. The van der Waals surface area contributed by atoms with Gasteiger partial charge in [0.2, 0.25) is 0 Å². The minimum Gasteiger partial charge on any atom is -0.478 e. The van der Waals surface area contributed by atoms with Crippen LogP contribution in [0, 0.1) is 10.1 Å². The third-order valence-electron chi connectivity index (χ3n) is 3.56. The Morgan fingerprint density at radius 2 is 2.19 bits per heavy atom. The summed E-state index contributed by atoms with van der Waals surface area (Å²) in [6.07, 6.45) is 1.02. The van der Waals surface area contributed by atoms with Crippen molar-refractivity contribution in [3.63, 3.8) is 0 Å². The van der Waals surface area contributed by atoms with Crippen molar-refractivity contribution in [3.05, 3.63) is 33.9 Å². The molecule has 0 bridgehead atoms. The van der Waals surface area contributed by atoms with Gasteiger partial charge in [0.15, 0.2) is 0 Å². The third-order valence-corrected chi connectivity index (χ3v) is 3.56. The topological polar surface area (TPSA) is 95.7 Å². The predicted octanol–water partition coefficient (Wildman–Crippen LogP) is 2.44. The zero-order chi connectivity index (χ0) is 16.0. The summed E-state index contributed by atoms with van der Waals surface area (Å²) in [5.74, 6) is -1.11. The van der Waals surface area contributed by atoms with Crippen LogP contribution in [0.3, 0.4) is 0 Å². The van der Waals surface area contributed by atoms with Gasteiger partial charge >= 0.3 is 5.97 Å². The molecule has 0 saturated carbocycles. The molecular weight excluding hydrogens is 274 g/mol. The summed E-state index contributed by atoms with van der Waals surface area (Å²) in [6, 6.07) is 4.16. The number of hydrogen-bond acceptors (Lipinski definition) is 5. The Hall–Kier alpha value is -2.15. The van der Waals surface area contributed by atoms with E-state index in [1.54, 1.807) is 0 Å². The number of rotatable bonds is 8. The number of carbonyl (C=O) groups is 1. The molecule has 1 unspecified atom stereocenters. The van der Waals surface area contributed by atoms with E-state index in [2.05, 4.69) is 24.1 Å².